The Morgan fingerprint density at radius 2 is 1.93 bits per heavy atom. The topological polar surface area (TPSA) is 41.2 Å². The summed E-state index contributed by atoms with van der Waals surface area (Å²) in [7, 11) is 0. The molecule has 2 aromatic heterocycles. The molecule has 0 amide bonds. The van der Waals surface area contributed by atoms with Crippen LogP contribution in [0.5, 0.6) is 5.75 Å². The molecular formula is C24H23N3O. The van der Waals surface area contributed by atoms with Gasteiger partial charge in [0.15, 0.2) is 0 Å². The minimum absolute atomic E-state index is 0.685. The fourth-order valence-electron chi connectivity index (χ4n) is 3.98. The van der Waals surface area contributed by atoms with E-state index >= 15 is 0 Å². The largest absolute Gasteiger partial charge is 0.492 e. The molecule has 0 saturated carbocycles. The normalized spacial score (nSPS) is 15.1. The molecule has 0 saturated heterocycles. The van der Waals surface area contributed by atoms with Gasteiger partial charge in [0.2, 0.25) is 0 Å². The summed E-state index contributed by atoms with van der Waals surface area (Å²) in [5.41, 5.74) is 4.97. The molecule has 1 N–H and O–H groups in total. The lowest BCUT2D eigenvalue weighted by Gasteiger charge is -2.26. The molecule has 0 bridgehead atoms. The lowest BCUT2D eigenvalue weighted by atomic mass is 9.99. The summed E-state index contributed by atoms with van der Waals surface area (Å²) >= 11 is 0. The third-order valence-corrected chi connectivity index (χ3v) is 5.50. The van der Waals surface area contributed by atoms with Crippen LogP contribution in [-0.2, 0) is 0 Å². The summed E-state index contributed by atoms with van der Waals surface area (Å²) in [4.78, 5) is 10.2. The SMILES string of the molecule is C1=C(c2c[nH]c3ccccc23)CCN(CCOc2cccc3ncccc23)C1. The highest BCUT2D eigenvalue weighted by Gasteiger charge is 2.15. The predicted molar refractivity (Wildman–Crippen MR) is 115 cm³/mol. The van der Waals surface area contributed by atoms with Crippen molar-refractivity contribution in [1.29, 1.82) is 0 Å². The fraction of sp³-hybridized carbons (Fsp3) is 0.208. The first kappa shape index (κ1) is 17.0. The van der Waals surface area contributed by atoms with E-state index in [0.29, 0.717) is 6.61 Å². The van der Waals surface area contributed by atoms with Crippen LogP contribution < -0.4 is 4.74 Å². The minimum atomic E-state index is 0.685. The van der Waals surface area contributed by atoms with E-state index in [1.54, 1.807) is 0 Å². The Labute approximate surface area is 164 Å². The number of fused-ring (bicyclic) bond motifs is 2. The molecule has 0 spiro atoms. The third-order valence-electron chi connectivity index (χ3n) is 5.50. The van der Waals surface area contributed by atoms with Gasteiger partial charge in [0.25, 0.3) is 0 Å². The van der Waals surface area contributed by atoms with Crippen LogP contribution in [0.15, 0.2) is 73.1 Å². The second-order valence-electron chi connectivity index (χ2n) is 7.20. The van der Waals surface area contributed by atoms with Gasteiger partial charge in [0.1, 0.15) is 12.4 Å². The van der Waals surface area contributed by atoms with E-state index in [1.165, 1.54) is 22.0 Å². The van der Waals surface area contributed by atoms with Crippen molar-refractivity contribution in [3.8, 4) is 5.75 Å². The summed E-state index contributed by atoms with van der Waals surface area (Å²) < 4.78 is 6.07. The number of hydrogen-bond donors (Lipinski definition) is 1. The average molecular weight is 369 g/mol. The summed E-state index contributed by atoms with van der Waals surface area (Å²) in [5.74, 6) is 0.914. The van der Waals surface area contributed by atoms with Crippen molar-refractivity contribution in [2.75, 3.05) is 26.2 Å². The summed E-state index contributed by atoms with van der Waals surface area (Å²) in [6, 6.07) is 18.6. The fourth-order valence-corrected chi connectivity index (χ4v) is 3.98. The first-order chi connectivity index (χ1) is 13.9. The molecule has 0 atom stereocenters. The van der Waals surface area contributed by atoms with Crippen LogP contribution in [0.25, 0.3) is 27.4 Å². The van der Waals surface area contributed by atoms with Gasteiger partial charge in [-0.3, -0.25) is 9.88 Å². The zero-order chi connectivity index (χ0) is 18.8. The van der Waals surface area contributed by atoms with Crippen molar-refractivity contribution in [3.05, 3.63) is 78.6 Å². The lowest BCUT2D eigenvalue weighted by molar-refractivity contribution is 0.224. The zero-order valence-corrected chi connectivity index (χ0v) is 15.8. The smallest absolute Gasteiger partial charge is 0.128 e. The number of pyridine rings is 1. The van der Waals surface area contributed by atoms with Crippen molar-refractivity contribution in [2.45, 2.75) is 6.42 Å². The number of ether oxygens (including phenoxy) is 1. The monoisotopic (exact) mass is 369 g/mol. The molecule has 4 nitrogen and oxygen atoms in total. The molecule has 5 rings (SSSR count). The van der Waals surface area contributed by atoms with Crippen LogP contribution in [0.4, 0.5) is 0 Å². The molecule has 4 aromatic rings. The number of para-hydroxylation sites is 1. The van der Waals surface area contributed by atoms with Crippen molar-refractivity contribution >= 4 is 27.4 Å². The van der Waals surface area contributed by atoms with Crippen LogP contribution in [0.1, 0.15) is 12.0 Å². The van der Waals surface area contributed by atoms with Crippen molar-refractivity contribution in [3.63, 3.8) is 0 Å². The maximum absolute atomic E-state index is 6.07. The highest BCUT2D eigenvalue weighted by atomic mass is 16.5. The van der Waals surface area contributed by atoms with Crippen molar-refractivity contribution in [1.82, 2.24) is 14.9 Å². The first-order valence-electron chi connectivity index (χ1n) is 9.83. The predicted octanol–water partition coefficient (Wildman–Crippen LogP) is 4.88. The van der Waals surface area contributed by atoms with Crippen molar-refractivity contribution < 1.29 is 4.74 Å². The van der Waals surface area contributed by atoms with E-state index in [2.05, 4.69) is 57.5 Å². The Balaban J connectivity index is 1.21. The number of nitrogens with one attached hydrogen (secondary N) is 1. The van der Waals surface area contributed by atoms with Gasteiger partial charge in [-0.2, -0.15) is 0 Å². The maximum atomic E-state index is 6.07. The number of H-pyrrole nitrogens is 1. The van der Waals surface area contributed by atoms with E-state index in [4.69, 9.17) is 4.74 Å². The standard InChI is InChI=1S/C24H23N3O/c1-2-7-22-19(5-1)21(17-26-22)18-10-13-27(14-11-18)15-16-28-24-9-3-8-23-20(24)6-4-12-25-23/h1-10,12,17,26H,11,13-16H2. The number of benzene rings is 2. The number of rotatable bonds is 5. The van der Waals surface area contributed by atoms with Crippen LogP contribution in [0.2, 0.25) is 0 Å². The highest BCUT2D eigenvalue weighted by Crippen LogP contribution is 2.29. The van der Waals surface area contributed by atoms with Gasteiger partial charge in [-0.15, -0.1) is 0 Å². The van der Waals surface area contributed by atoms with Gasteiger partial charge >= 0.3 is 0 Å². The molecule has 0 fully saturated rings. The Kier molecular flexibility index (Phi) is 4.55. The molecule has 3 heterocycles. The number of hydrogen-bond acceptors (Lipinski definition) is 3. The molecule has 2 aromatic carbocycles. The maximum Gasteiger partial charge on any atom is 0.128 e. The second kappa shape index (κ2) is 7.49. The molecular weight excluding hydrogens is 346 g/mol. The van der Waals surface area contributed by atoms with E-state index in [1.807, 2.05) is 30.5 Å². The van der Waals surface area contributed by atoms with Gasteiger partial charge in [0.05, 0.1) is 5.52 Å². The van der Waals surface area contributed by atoms with Gasteiger partial charge in [-0.25, -0.2) is 0 Å². The number of aromatic nitrogens is 2. The summed E-state index contributed by atoms with van der Waals surface area (Å²) in [6.45, 7) is 3.64. The minimum Gasteiger partial charge on any atom is -0.492 e. The van der Waals surface area contributed by atoms with Gasteiger partial charge in [-0.1, -0.05) is 30.3 Å². The zero-order valence-electron chi connectivity index (χ0n) is 15.8. The molecule has 0 radical (unpaired) electrons. The quantitative estimate of drug-likeness (QED) is 0.545. The molecule has 0 aliphatic carbocycles. The molecule has 0 unspecified atom stereocenters. The molecule has 140 valence electrons. The van der Waals surface area contributed by atoms with E-state index in [9.17, 15) is 0 Å². The van der Waals surface area contributed by atoms with Gasteiger partial charge in [-0.05, 0) is 42.3 Å². The van der Waals surface area contributed by atoms with Crippen LogP contribution >= 0.6 is 0 Å². The average Bonchev–Trinajstić information content (AvgIpc) is 3.19. The molecule has 4 heteroatoms. The summed E-state index contributed by atoms with van der Waals surface area (Å²) in [5, 5.41) is 2.39. The Morgan fingerprint density at radius 3 is 2.86 bits per heavy atom. The number of nitrogens with zero attached hydrogens (tertiary/aromatic N) is 2. The van der Waals surface area contributed by atoms with E-state index in [0.717, 1.165) is 42.7 Å². The van der Waals surface area contributed by atoms with Crippen LogP contribution in [-0.4, -0.2) is 41.1 Å². The Bertz CT molecular complexity index is 1140. The third kappa shape index (κ3) is 3.27. The first-order valence-corrected chi connectivity index (χ1v) is 9.83. The highest BCUT2D eigenvalue weighted by molar-refractivity contribution is 5.92. The lowest BCUT2D eigenvalue weighted by Crippen LogP contribution is -2.32. The molecule has 1 aliphatic heterocycles. The van der Waals surface area contributed by atoms with Gasteiger partial charge in [0, 0.05) is 53.9 Å². The Morgan fingerprint density at radius 1 is 1.00 bits per heavy atom. The molecule has 1 aliphatic rings. The molecule has 28 heavy (non-hydrogen) atoms. The second-order valence-corrected chi connectivity index (χ2v) is 7.20. The summed E-state index contributed by atoms with van der Waals surface area (Å²) in [6.07, 6.45) is 7.39. The Hall–Kier alpha value is -3.11. The van der Waals surface area contributed by atoms with E-state index < -0.39 is 0 Å². The van der Waals surface area contributed by atoms with Crippen molar-refractivity contribution in [2.24, 2.45) is 0 Å². The van der Waals surface area contributed by atoms with Gasteiger partial charge < -0.3 is 9.72 Å². The van der Waals surface area contributed by atoms with Crippen LogP contribution in [0.3, 0.4) is 0 Å². The number of aromatic amines is 1. The van der Waals surface area contributed by atoms with E-state index in [-0.39, 0.29) is 0 Å². The van der Waals surface area contributed by atoms with Crippen LogP contribution in [0, 0.1) is 0 Å².